The van der Waals surface area contributed by atoms with E-state index in [1.54, 1.807) is 37.6 Å². The van der Waals surface area contributed by atoms with E-state index in [0.29, 0.717) is 40.0 Å². The summed E-state index contributed by atoms with van der Waals surface area (Å²) in [5.74, 6) is -1.32. The van der Waals surface area contributed by atoms with Crippen molar-refractivity contribution in [3.8, 4) is 28.4 Å². The van der Waals surface area contributed by atoms with Crippen molar-refractivity contribution >= 4 is 51.7 Å². The maximum Gasteiger partial charge on any atom is 0.255 e. The van der Waals surface area contributed by atoms with Gasteiger partial charge in [-0.1, -0.05) is 30.3 Å². The Balaban J connectivity index is 1.13. The third-order valence-electron chi connectivity index (χ3n) is 8.80. The van der Waals surface area contributed by atoms with Crippen LogP contribution in [0.1, 0.15) is 22.3 Å². The van der Waals surface area contributed by atoms with Crippen molar-refractivity contribution in [1.82, 2.24) is 27.4 Å². The maximum absolute atomic E-state index is 14.3. The van der Waals surface area contributed by atoms with Crippen LogP contribution in [-0.2, 0) is 6.42 Å². The molecule has 51 heavy (non-hydrogen) atoms. The molecule has 1 fully saturated rings. The van der Waals surface area contributed by atoms with Crippen LogP contribution in [0.15, 0.2) is 97.3 Å². The van der Waals surface area contributed by atoms with E-state index in [2.05, 4.69) is 58.6 Å². The fourth-order valence-corrected chi connectivity index (χ4v) is 6.60. The topological polar surface area (TPSA) is 99.9 Å². The molecule has 3 aromatic carbocycles. The average molecular weight is 801 g/mol. The lowest BCUT2D eigenvalue weighted by Crippen LogP contribution is -2.42. The SMILES string of the molecule is COc1cc(CCCN2CCN(I)CC2)ccc1Nc1nccc(-c2c(-c3cccc(C(=O)Nc4c(F)cccc4F)c3)nc3ccccn23)n1. The number of nitrogens with one attached hydrogen (secondary N) is 2. The predicted molar refractivity (Wildman–Crippen MR) is 203 cm³/mol. The smallest absolute Gasteiger partial charge is 0.255 e. The summed E-state index contributed by atoms with van der Waals surface area (Å²) in [5.41, 5.74) is 4.75. The Morgan fingerprint density at radius 3 is 2.53 bits per heavy atom. The molecule has 3 aromatic heterocycles. The molecule has 10 nitrogen and oxygen atoms in total. The number of benzene rings is 3. The van der Waals surface area contributed by atoms with Crippen LogP contribution in [0.2, 0.25) is 0 Å². The van der Waals surface area contributed by atoms with E-state index in [-0.39, 0.29) is 5.56 Å². The molecule has 13 heteroatoms. The molecule has 1 aliphatic rings. The third-order valence-corrected chi connectivity index (χ3v) is 9.76. The Hall–Kier alpha value is -4.99. The van der Waals surface area contributed by atoms with Crippen molar-refractivity contribution in [2.75, 3.05) is 50.5 Å². The van der Waals surface area contributed by atoms with E-state index < -0.39 is 23.2 Å². The number of aryl methyl sites for hydroxylation is 1. The summed E-state index contributed by atoms with van der Waals surface area (Å²) >= 11 is 2.39. The Bertz CT molecular complexity index is 2170. The monoisotopic (exact) mass is 800 g/mol. The van der Waals surface area contributed by atoms with Crippen molar-refractivity contribution in [1.29, 1.82) is 0 Å². The molecule has 2 N–H and O–H groups in total. The number of nitrogens with zero attached hydrogens (tertiary/aromatic N) is 6. The van der Waals surface area contributed by atoms with Crippen molar-refractivity contribution in [3.05, 3.63) is 120 Å². The second kappa shape index (κ2) is 15.5. The fourth-order valence-electron chi connectivity index (χ4n) is 6.17. The van der Waals surface area contributed by atoms with E-state index in [1.165, 1.54) is 11.6 Å². The number of fused-ring (bicyclic) bond motifs is 1. The molecule has 260 valence electrons. The zero-order chi connectivity index (χ0) is 35.3. The van der Waals surface area contributed by atoms with E-state index in [1.807, 2.05) is 40.9 Å². The number of methoxy groups -OCH3 is 1. The van der Waals surface area contributed by atoms with E-state index in [4.69, 9.17) is 14.7 Å². The van der Waals surface area contributed by atoms with Gasteiger partial charge in [0.2, 0.25) is 5.95 Å². The molecule has 0 radical (unpaired) electrons. The normalized spacial score (nSPS) is 13.7. The van der Waals surface area contributed by atoms with Gasteiger partial charge in [-0.15, -0.1) is 0 Å². The maximum atomic E-state index is 14.3. The number of aromatic nitrogens is 4. The molecule has 1 amide bonds. The minimum absolute atomic E-state index is 0.206. The van der Waals surface area contributed by atoms with Gasteiger partial charge < -0.3 is 20.3 Å². The molecular weight excluding hydrogens is 765 g/mol. The average Bonchev–Trinajstić information content (AvgIpc) is 3.54. The Labute approximate surface area is 308 Å². The van der Waals surface area contributed by atoms with Crippen LogP contribution in [0.4, 0.5) is 26.1 Å². The summed E-state index contributed by atoms with van der Waals surface area (Å²) in [6.07, 6.45) is 5.58. The van der Waals surface area contributed by atoms with Crippen LogP contribution in [0.5, 0.6) is 5.75 Å². The number of piperazine rings is 1. The van der Waals surface area contributed by atoms with Gasteiger partial charge in [0.15, 0.2) is 0 Å². The number of pyridine rings is 1. The van der Waals surface area contributed by atoms with Gasteiger partial charge in [0.1, 0.15) is 28.7 Å². The Kier molecular flexibility index (Phi) is 10.5. The molecule has 0 atom stereocenters. The second-order valence-corrected chi connectivity index (χ2v) is 13.5. The minimum Gasteiger partial charge on any atom is -0.495 e. The summed E-state index contributed by atoms with van der Waals surface area (Å²) in [6, 6.07) is 23.7. The highest BCUT2D eigenvalue weighted by Gasteiger charge is 2.20. The summed E-state index contributed by atoms with van der Waals surface area (Å²) in [5, 5.41) is 5.68. The lowest BCUT2D eigenvalue weighted by atomic mass is 10.0. The van der Waals surface area contributed by atoms with E-state index >= 15 is 0 Å². The molecule has 0 bridgehead atoms. The van der Waals surface area contributed by atoms with Crippen molar-refractivity contribution in [2.24, 2.45) is 0 Å². The third kappa shape index (κ3) is 7.85. The number of amides is 1. The van der Waals surface area contributed by atoms with Gasteiger partial charge in [-0.05, 0) is 79.5 Å². The summed E-state index contributed by atoms with van der Waals surface area (Å²) < 4.78 is 38.6. The first-order valence-electron chi connectivity index (χ1n) is 16.6. The first kappa shape index (κ1) is 34.5. The van der Waals surface area contributed by atoms with Crippen molar-refractivity contribution in [3.63, 3.8) is 0 Å². The Morgan fingerprint density at radius 1 is 0.922 bits per heavy atom. The van der Waals surface area contributed by atoms with E-state index in [0.717, 1.165) is 63.4 Å². The number of halogens is 3. The number of ether oxygens (including phenoxy) is 1. The molecule has 6 aromatic rings. The molecule has 7 rings (SSSR count). The molecular formula is C38H35F2IN8O2. The van der Waals surface area contributed by atoms with Crippen LogP contribution in [0, 0.1) is 11.6 Å². The lowest BCUT2D eigenvalue weighted by molar-refractivity contribution is 0.102. The first-order valence-corrected chi connectivity index (χ1v) is 17.6. The molecule has 0 spiro atoms. The number of carbonyl (C=O) groups is 1. The highest BCUT2D eigenvalue weighted by molar-refractivity contribution is 14.1. The summed E-state index contributed by atoms with van der Waals surface area (Å²) in [6.45, 7) is 5.49. The highest BCUT2D eigenvalue weighted by Crippen LogP contribution is 2.34. The fraction of sp³-hybridized carbons (Fsp3) is 0.211. The van der Waals surface area contributed by atoms with Gasteiger partial charge in [0.25, 0.3) is 5.91 Å². The number of carbonyl (C=O) groups excluding carboxylic acids is 1. The Morgan fingerprint density at radius 2 is 1.73 bits per heavy atom. The number of imidazole rings is 1. The molecule has 1 saturated heterocycles. The van der Waals surface area contributed by atoms with Crippen molar-refractivity contribution < 1.29 is 18.3 Å². The van der Waals surface area contributed by atoms with E-state index in [9.17, 15) is 13.6 Å². The summed E-state index contributed by atoms with van der Waals surface area (Å²) in [7, 11) is 1.65. The summed E-state index contributed by atoms with van der Waals surface area (Å²) in [4.78, 5) is 29.9. The molecule has 0 saturated carbocycles. The molecule has 1 aliphatic heterocycles. The van der Waals surface area contributed by atoms with Gasteiger partial charge >= 0.3 is 0 Å². The standard InChI is InChI=1S/C38H35F2IN8O2/c1-51-32-23-25(7-6-17-47-19-21-48(41)22-20-47)13-14-30(32)43-38-42-16-15-31(44-38)36-34(45-33-12-2-3-18-49(33)36)26-8-4-9-27(24-26)37(50)46-35-28(39)10-5-11-29(35)40/h2-5,8-16,18,23-24H,6-7,17,19-22H2,1H3,(H,46,50)(H,42,43,44). The van der Waals surface area contributed by atoms with Crippen LogP contribution < -0.4 is 15.4 Å². The van der Waals surface area contributed by atoms with Gasteiger partial charge in [0.05, 0.1) is 29.9 Å². The number of anilines is 3. The molecule has 0 aliphatic carbocycles. The van der Waals surface area contributed by atoms with Crippen LogP contribution in [0.3, 0.4) is 0 Å². The van der Waals surface area contributed by atoms with Crippen LogP contribution >= 0.6 is 22.9 Å². The largest absolute Gasteiger partial charge is 0.495 e. The predicted octanol–water partition coefficient (Wildman–Crippen LogP) is 7.64. The minimum atomic E-state index is -0.861. The zero-order valence-electron chi connectivity index (χ0n) is 27.8. The second-order valence-electron chi connectivity index (χ2n) is 12.1. The zero-order valence-corrected chi connectivity index (χ0v) is 30.0. The van der Waals surface area contributed by atoms with Gasteiger partial charge in [-0.25, -0.2) is 26.8 Å². The first-order chi connectivity index (χ1) is 24.9. The van der Waals surface area contributed by atoms with Crippen LogP contribution in [-0.4, -0.2) is 73.1 Å². The highest BCUT2D eigenvalue weighted by atomic mass is 127. The lowest BCUT2D eigenvalue weighted by Gasteiger charge is -2.31. The quantitative estimate of drug-likeness (QED) is 0.102. The molecule has 4 heterocycles. The number of hydrogen-bond acceptors (Lipinski definition) is 8. The molecule has 0 unspecified atom stereocenters. The van der Waals surface area contributed by atoms with Gasteiger partial charge in [-0.3, -0.25) is 9.20 Å². The van der Waals surface area contributed by atoms with Gasteiger partial charge in [-0.2, -0.15) is 0 Å². The van der Waals surface area contributed by atoms with Crippen molar-refractivity contribution in [2.45, 2.75) is 12.8 Å². The number of rotatable bonds is 11. The number of para-hydroxylation sites is 1. The van der Waals surface area contributed by atoms with Gasteiger partial charge in [0, 0.05) is 72.6 Å². The number of hydrogen-bond donors (Lipinski definition) is 2. The van der Waals surface area contributed by atoms with Crippen LogP contribution in [0.25, 0.3) is 28.3 Å².